The van der Waals surface area contributed by atoms with Crippen molar-refractivity contribution in [1.82, 2.24) is 4.31 Å². The van der Waals surface area contributed by atoms with Crippen molar-refractivity contribution < 1.29 is 8.42 Å². The Balaban J connectivity index is 2.39. The summed E-state index contributed by atoms with van der Waals surface area (Å²) in [5, 5.41) is 2.29. The van der Waals surface area contributed by atoms with Gasteiger partial charge in [0.15, 0.2) is 0 Å². The van der Waals surface area contributed by atoms with E-state index in [1.54, 1.807) is 24.6 Å². The normalized spacial score (nSPS) is 13.6. The Kier molecular flexibility index (Phi) is 5.33. The zero-order valence-electron chi connectivity index (χ0n) is 11.6. The van der Waals surface area contributed by atoms with Gasteiger partial charge in [0.25, 0.3) is 0 Å². The van der Waals surface area contributed by atoms with Crippen LogP contribution in [0.5, 0.6) is 0 Å². The minimum absolute atomic E-state index is 0.181. The molecule has 0 N–H and O–H groups in total. The van der Waals surface area contributed by atoms with Crippen molar-refractivity contribution >= 4 is 44.6 Å². The minimum atomic E-state index is -3.60. The molecule has 1 aromatic heterocycles. The highest BCUT2D eigenvalue weighted by Crippen LogP contribution is 2.33. The van der Waals surface area contributed by atoms with Gasteiger partial charge in [-0.25, -0.2) is 8.42 Å². The lowest BCUT2D eigenvalue weighted by Crippen LogP contribution is -2.30. The van der Waals surface area contributed by atoms with Crippen molar-refractivity contribution in [2.75, 3.05) is 7.05 Å². The van der Waals surface area contributed by atoms with E-state index in [4.69, 9.17) is 23.2 Å². The van der Waals surface area contributed by atoms with Crippen molar-refractivity contribution in [2.45, 2.75) is 23.7 Å². The Morgan fingerprint density at radius 1 is 1.29 bits per heavy atom. The highest BCUT2D eigenvalue weighted by molar-refractivity contribution is 7.89. The third-order valence-corrected chi connectivity index (χ3v) is 7.22. The smallest absolute Gasteiger partial charge is 0.207 e. The summed E-state index contributed by atoms with van der Waals surface area (Å²) in [5.74, 6) is 0.181. The highest BCUT2D eigenvalue weighted by atomic mass is 35.5. The molecular weight excluding hydrogens is 349 g/mol. The van der Waals surface area contributed by atoms with Crippen LogP contribution < -0.4 is 0 Å². The molecule has 7 heteroatoms. The standard InChI is InChI=1S/C14H15Cl2NO2S2/c1-10(11-5-3-4-6-12(11)16)17(2)21(18,19)14-7-8-20-13(14)9-15/h3-8,10H,9H2,1-2H3. The monoisotopic (exact) mass is 363 g/mol. The average molecular weight is 364 g/mol. The topological polar surface area (TPSA) is 37.4 Å². The average Bonchev–Trinajstić information content (AvgIpc) is 2.95. The first-order valence-corrected chi connectivity index (χ1v) is 9.47. The number of halogens is 2. The first kappa shape index (κ1) is 16.8. The van der Waals surface area contributed by atoms with E-state index in [1.165, 1.54) is 15.6 Å². The van der Waals surface area contributed by atoms with Gasteiger partial charge >= 0.3 is 0 Å². The number of benzene rings is 1. The number of hydrogen-bond donors (Lipinski definition) is 0. The fraction of sp³-hybridized carbons (Fsp3) is 0.286. The first-order valence-electron chi connectivity index (χ1n) is 6.24. The Morgan fingerprint density at radius 2 is 1.95 bits per heavy atom. The molecule has 0 spiro atoms. The minimum Gasteiger partial charge on any atom is -0.207 e. The van der Waals surface area contributed by atoms with Gasteiger partial charge in [-0.05, 0) is 30.0 Å². The van der Waals surface area contributed by atoms with E-state index >= 15 is 0 Å². The van der Waals surface area contributed by atoms with Gasteiger partial charge in [-0.1, -0.05) is 29.8 Å². The van der Waals surface area contributed by atoms with Crippen molar-refractivity contribution in [3.63, 3.8) is 0 Å². The maximum atomic E-state index is 12.7. The van der Waals surface area contributed by atoms with E-state index in [-0.39, 0.29) is 16.8 Å². The van der Waals surface area contributed by atoms with Gasteiger partial charge in [0, 0.05) is 23.0 Å². The molecule has 0 saturated heterocycles. The summed E-state index contributed by atoms with van der Waals surface area (Å²) >= 11 is 13.3. The van der Waals surface area contributed by atoms with Gasteiger partial charge in [0.2, 0.25) is 10.0 Å². The van der Waals surface area contributed by atoms with E-state index in [1.807, 2.05) is 25.1 Å². The predicted octanol–water partition coefficient (Wildman–Crippen LogP) is 4.52. The van der Waals surface area contributed by atoms with Gasteiger partial charge in [-0.3, -0.25) is 0 Å². The second-order valence-electron chi connectivity index (χ2n) is 4.56. The molecule has 0 radical (unpaired) electrons. The Labute approximate surface area is 139 Å². The molecule has 2 aromatic rings. The molecule has 0 bridgehead atoms. The molecule has 0 aliphatic heterocycles. The van der Waals surface area contributed by atoms with Crippen LogP contribution in [0.4, 0.5) is 0 Å². The summed E-state index contributed by atoms with van der Waals surface area (Å²) in [7, 11) is -2.05. The number of rotatable bonds is 5. The number of nitrogens with zero attached hydrogens (tertiary/aromatic N) is 1. The summed E-state index contributed by atoms with van der Waals surface area (Å²) in [5.41, 5.74) is 0.771. The van der Waals surface area contributed by atoms with Gasteiger partial charge in [0.1, 0.15) is 0 Å². The van der Waals surface area contributed by atoms with Crippen LogP contribution in [0.2, 0.25) is 5.02 Å². The highest BCUT2D eigenvalue weighted by Gasteiger charge is 2.29. The largest absolute Gasteiger partial charge is 0.244 e. The molecule has 3 nitrogen and oxygen atoms in total. The number of alkyl halides is 1. The molecule has 0 amide bonds. The Bertz CT molecular complexity index is 728. The molecule has 1 unspecified atom stereocenters. The van der Waals surface area contributed by atoms with E-state index in [9.17, 15) is 8.42 Å². The molecule has 1 atom stereocenters. The SMILES string of the molecule is CC(c1ccccc1Cl)N(C)S(=O)(=O)c1ccsc1CCl. The molecule has 1 heterocycles. The maximum absolute atomic E-state index is 12.7. The van der Waals surface area contributed by atoms with Crippen molar-refractivity contribution in [3.8, 4) is 0 Å². The quantitative estimate of drug-likeness (QED) is 0.732. The molecule has 2 rings (SSSR count). The predicted molar refractivity (Wildman–Crippen MR) is 88.7 cm³/mol. The van der Waals surface area contributed by atoms with Gasteiger partial charge in [-0.2, -0.15) is 4.31 Å². The Hall–Kier alpha value is -0.590. The first-order chi connectivity index (χ1) is 9.89. The fourth-order valence-electron chi connectivity index (χ4n) is 2.03. The lowest BCUT2D eigenvalue weighted by molar-refractivity contribution is 0.398. The van der Waals surface area contributed by atoms with Crippen LogP contribution in [0.25, 0.3) is 0 Å². The van der Waals surface area contributed by atoms with Gasteiger partial charge < -0.3 is 0 Å². The summed E-state index contributed by atoms with van der Waals surface area (Å²) in [6.07, 6.45) is 0. The summed E-state index contributed by atoms with van der Waals surface area (Å²) in [4.78, 5) is 0.916. The molecule has 0 aliphatic rings. The van der Waals surface area contributed by atoms with Crippen LogP contribution in [0.3, 0.4) is 0 Å². The summed E-state index contributed by atoms with van der Waals surface area (Å²) in [6.45, 7) is 1.81. The van der Waals surface area contributed by atoms with Crippen LogP contribution >= 0.6 is 34.5 Å². The Morgan fingerprint density at radius 3 is 2.57 bits per heavy atom. The lowest BCUT2D eigenvalue weighted by atomic mass is 10.1. The van der Waals surface area contributed by atoms with Crippen molar-refractivity contribution in [2.24, 2.45) is 0 Å². The molecule has 0 saturated carbocycles. The van der Waals surface area contributed by atoms with E-state index < -0.39 is 10.0 Å². The van der Waals surface area contributed by atoms with Crippen LogP contribution in [0.15, 0.2) is 40.6 Å². The lowest BCUT2D eigenvalue weighted by Gasteiger charge is -2.25. The van der Waals surface area contributed by atoms with Crippen LogP contribution in [-0.4, -0.2) is 19.8 Å². The molecule has 1 aromatic carbocycles. The third-order valence-electron chi connectivity index (χ3n) is 3.38. The molecular formula is C14H15Cl2NO2S2. The summed E-state index contributed by atoms with van der Waals surface area (Å²) < 4.78 is 26.8. The number of thiophene rings is 1. The van der Waals surface area contributed by atoms with Crippen LogP contribution in [0, 0.1) is 0 Å². The maximum Gasteiger partial charge on any atom is 0.244 e. The van der Waals surface area contributed by atoms with Crippen molar-refractivity contribution in [1.29, 1.82) is 0 Å². The second-order valence-corrected chi connectivity index (χ2v) is 8.20. The molecule has 21 heavy (non-hydrogen) atoms. The fourth-order valence-corrected chi connectivity index (χ4v) is 5.34. The zero-order chi connectivity index (χ0) is 15.6. The van der Waals surface area contributed by atoms with Crippen LogP contribution in [-0.2, 0) is 15.9 Å². The van der Waals surface area contributed by atoms with E-state index in [0.717, 1.165) is 5.56 Å². The summed E-state index contributed by atoms with van der Waals surface area (Å²) in [6, 6.07) is 8.46. The second kappa shape index (κ2) is 6.67. The molecule has 0 aliphatic carbocycles. The van der Waals surface area contributed by atoms with Crippen LogP contribution in [0.1, 0.15) is 23.4 Å². The number of hydrogen-bond acceptors (Lipinski definition) is 3. The van der Waals surface area contributed by atoms with E-state index in [2.05, 4.69) is 0 Å². The number of sulfonamides is 1. The van der Waals surface area contributed by atoms with E-state index in [0.29, 0.717) is 9.90 Å². The van der Waals surface area contributed by atoms with Gasteiger partial charge in [0.05, 0.1) is 10.8 Å². The third kappa shape index (κ3) is 3.27. The molecule has 0 fully saturated rings. The molecule has 114 valence electrons. The van der Waals surface area contributed by atoms with Gasteiger partial charge in [-0.15, -0.1) is 22.9 Å². The zero-order valence-corrected chi connectivity index (χ0v) is 14.7. The van der Waals surface area contributed by atoms with Crippen molar-refractivity contribution in [3.05, 3.63) is 51.2 Å².